The van der Waals surface area contributed by atoms with Gasteiger partial charge in [-0.05, 0) is 37.6 Å². The van der Waals surface area contributed by atoms with Crippen LogP contribution in [0, 0.1) is 6.92 Å². The number of guanidine groups is 1. The van der Waals surface area contributed by atoms with Crippen molar-refractivity contribution in [3.8, 4) is 17.3 Å². The average molecular weight is 507 g/mol. The summed E-state index contributed by atoms with van der Waals surface area (Å²) < 4.78 is 11.0. The number of oxazole rings is 1. The van der Waals surface area contributed by atoms with E-state index >= 15 is 0 Å². The lowest BCUT2D eigenvalue weighted by Gasteiger charge is -2.11. The summed E-state index contributed by atoms with van der Waals surface area (Å²) in [6.45, 7) is 5.70. The molecule has 0 atom stereocenters. The third-order valence-electron chi connectivity index (χ3n) is 4.06. The number of benzene rings is 1. The predicted octanol–water partition coefficient (Wildman–Crippen LogP) is 3.93. The minimum atomic E-state index is 0. The molecule has 3 aromatic rings. The predicted molar refractivity (Wildman–Crippen MR) is 125 cm³/mol. The SMILES string of the molecule is CCOc1cc(CNC(=NC)NCc2coc(-c3ccc(C)cc3)n2)ccn1.I. The highest BCUT2D eigenvalue weighted by atomic mass is 127. The summed E-state index contributed by atoms with van der Waals surface area (Å²) in [5, 5.41) is 6.51. The Morgan fingerprint density at radius 3 is 2.62 bits per heavy atom. The van der Waals surface area contributed by atoms with Gasteiger partial charge < -0.3 is 19.8 Å². The van der Waals surface area contributed by atoms with E-state index in [1.807, 2.05) is 43.3 Å². The van der Waals surface area contributed by atoms with Crippen LogP contribution < -0.4 is 15.4 Å². The molecule has 3 rings (SSSR count). The second kappa shape index (κ2) is 11.4. The van der Waals surface area contributed by atoms with E-state index in [1.54, 1.807) is 19.5 Å². The van der Waals surface area contributed by atoms with Gasteiger partial charge in [0.2, 0.25) is 11.8 Å². The first-order valence-corrected chi connectivity index (χ1v) is 9.21. The summed E-state index contributed by atoms with van der Waals surface area (Å²) in [5.74, 6) is 1.91. The molecule has 1 aromatic carbocycles. The van der Waals surface area contributed by atoms with Crippen LogP contribution in [0.2, 0.25) is 0 Å². The maximum absolute atomic E-state index is 5.59. The molecule has 8 heteroatoms. The largest absolute Gasteiger partial charge is 0.478 e. The van der Waals surface area contributed by atoms with Crippen molar-refractivity contribution in [1.82, 2.24) is 20.6 Å². The van der Waals surface area contributed by atoms with Crippen molar-refractivity contribution in [3.63, 3.8) is 0 Å². The second-order valence-electron chi connectivity index (χ2n) is 6.22. The van der Waals surface area contributed by atoms with Crippen LogP contribution >= 0.6 is 24.0 Å². The number of pyridine rings is 1. The van der Waals surface area contributed by atoms with Gasteiger partial charge in [-0.15, -0.1) is 24.0 Å². The van der Waals surface area contributed by atoms with Crippen LogP contribution in [0.1, 0.15) is 23.7 Å². The van der Waals surface area contributed by atoms with Crippen LogP contribution in [0.15, 0.2) is 58.3 Å². The lowest BCUT2D eigenvalue weighted by Crippen LogP contribution is -2.36. The van der Waals surface area contributed by atoms with Gasteiger partial charge in [-0.1, -0.05) is 17.7 Å². The standard InChI is InChI=1S/C21H25N5O2.HI/c1-4-27-19-11-16(9-10-23-19)12-24-21(22-3)25-13-18-14-28-20(26-18)17-7-5-15(2)6-8-17;/h5-11,14H,4,12-13H2,1-3H3,(H2,22,24,25);1H. The Morgan fingerprint density at radius 1 is 1.14 bits per heavy atom. The number of nitrogens with zero attached hydrogens (tertiary/aromatic N) is 3. The number of halogens is 1. The molecule has 0 saturated heterocycles. The molecule has 0 unspecified atom stereocenters. The zero-order valence-corrected chi connectivity index (χ0v) is 19.1. The molecule has 154 valence electrons. The molecule has 0 spiro atoms. The maximum Gasteiger partial charge on any atom is 0.226 e. The molecule has 0 saturated carbocycles. The second-order valence-corrected chi connectivity index (χ2v) is 6.22. The molecule has 0 amide bonds. The van der Waals surface area contributed by atoms with Crippen molar-refractivity contribution >= 4 is 29.9 Å². The lowest BCUT2D eigenvalue weighted by molar-refractivity contribution is 0.326. The molecular weight excluding hydrogens is 481 g/mol. The van der Waals surface area contributed by atoms with E-state index in [-0.39, 0.29) is 24.0 Å². The molecule has 2 N–H and O–H groups in total. The highest BCUT2D eigenvalue weighted by molar-refractivity contribution is 14.0. The number of hydrogen-bond donors (Lipinski definition) is 2. The molecule has 0 fully saturated rings. The fourth-order valence-electron chi connectivity index (χ4n) is 2.58. The molecule has 0 aliphatic heterocycles. The Labute approximate surface area is 188 Å². The van der Waals surface area contributed by atoms with Gasteiger partial charge in [0.15, 0.2) is 5.96 Å². The first kappa shape index (κ1) is 22.7. The van der Waals surface area contributed by atoms with Crippen LogP contribution in [-0.4, -0.2) is 29.6 Å². The molecular formula is C21H26IN5O2. The quantitative estimate of drug-likeness (QED) is 0.287. The fraction of sp³-hybridized carbons (Fsp3) is 0.286. The molecule has 0 bridgehead atoms. The van der Waals surface area contributed by atoms with Crippen molar-refractivity contribution < 1.29 is 9.15 Å². The summed E-state index contributed by atoms with van der Waals surface area (Å²) in [7, 11) is 1.73. The van der Waals surface area contributed by atoms with Crippen LogP contribution in [0.3, 0.4) is 0 Å². The maximum atomic E-state index is 5.59. The topological polar surface area (TPSA) is 84.6 Å². The Balaban J connectivity index is 0.00000300. The number of ether oxygens (including phenoxy) is 1. The van der Waals surface area contributed by atoms with E-state index < -0.39 is 0 Å². The van der Waals surface area contributed by atoms with Crippen LogP contribution in [0.25, 0.3) is 11.5 Å². The monoisotopic (exact) mass is 507 g/mol. The molecule has 0 radical (unpaired) electrons. The average Bonchev–Trinajstić information content (AvgIpc) is 3.18. The van der Waals surface area contributed by atoms with Gasteiger partial charge in [0, 0.05) is 31.4 Å². The summed E-state index contributed by atoms with van der Waals surface area (Å²) >= 11 is 0. The molecule has 29 heavy (non-hydrogen) atoms. The van der Waals surface area contributed by atoms with Crippen molar-refractivity contribution in [2.75, 3.05) is 13.7 Å². The van der Waals surface area contributed by atoms with Gasteiger partial charge in [0.25, 0.3) is 0 Å². The highest BCUT2D eigenvalue weighted by Crippen LogP contribution is 2.19. The van der Waals surface area contributed by atoms with Gasteiger partial charge in [-0.25, -0.2) is 9.97 Å². The molecule has 2 heterocycles. The molecule has 0 aliphatic rings. The minimum absolute atomic E-state index is 0. The molecule has 7 nitrogen and oxygen atoms in total. The van der Waals surface area contributed by atoms with E-state index in [4.69, 9.17) is 9.15 Å². The normalized spacial score (nSPS) is 10.9. The lowest BCUT2D eigenvalue weighted by atomic mass is 10.1. The third-order valence-corrected chi connectivity index (χ3v) is 4.06. The Hall–Kier alpha value is -2.62. The van der Waals surface area contributed by atoms with Crippen LogP contribution in [0.5, 0.6) is 5.88 Å². The van der Waals surface area contributed by atoms with Gasteiger partial charge in [0.1, 0.15) is 6.26 Å². The third kappa shape index (κ3) is 6.74. The van der Waals surface area contributed by atoms with Crippen molar-refractivity contribution in [2.24, 2.45) is 4.99 Å². The van der Waals surface area contributed by atoms with Gasteiger partial charge in [0.05, 0.1) is 18.8 Å². The van der Waals surface area contributed by atoms with Gasteiger partial charge in [-0.2, -0.15) is 0 Å². The zero-order chi connectivity index (χ0) is 19.8. The van der Waals surface area contributed by atoms with Crippen molar-refractivity contribution in [2.45, 2.75) is 26.9 Å². The number of aromatic nitrogens is 2. The summed E-state index contributed by atoms with van der Waals surface area (Å²) in [6.07, 6.45) is 3.40. The molecule has 0 aliphatic carbocycles. The zero-order valence-electron chi connectivity index (χ0n) is 16.8. The van der Waals surface area contributed by atoms with Crippen LogP contribution in [0.4, 0.5) is 0 Å². The summed E-state index contributed by atoms with van der Waals surface area (Å²) in [6, 6.07) is 11.9. The van der Waals surface area contributed by atoms with E-state index in [9.17, 15) is 0 Å². The van der Waals surface area contributed by atoms with E-state index in [1.165, 1.54) is 5.56 Å². The minimum Gasteiger partial charge on any atom is -0.478 e. The number of rotatable bonds is 7. The first-order chi connectivity index (χ1) is 13.7. The van der Waals surface area contributed by atoms with Crippen molar-refractivity contribution in [3.05, 3.63) is 65.7 Å². The highest BCUT2D eigenvalue weighted by Gasteiger charge is 2.07. The Kier molecular flexibility index (Phi) is 8.91. The smallest absolute Gasteiger partial charge is 0.226 e. The van der Waals surface area contributed by atoms with E-state index in [2.05, 4.69) is 32.5 Å². The van der Waals surface area contributed by atoms with Gasteiger partial charge >= 0.3 is 0 Å². The number of nitrogens with one attached hydrogen (secondary N) is 2. The van der Waals surface area contributed by atoms with E-state index in [0.29, 0.717) is 37.4 Å². The van der Waals surface area contributed by atoms with Gasteiger partial charge in [-0.3, -0.25) is 4.99 Å². The summed E-state index contributed by atoms with van der Waals surface area (Å²) in [5.41, 5.74) is 4.03. The van der Waals surface area contributed by atoms with Crippen molar-refractivity contribution in [1.29, 1.82) is 0 Å². The number of aliphatic imine (C=N–C) groups is 1. The number of aryl methyl sites for hydroxylation is 1. The first-order valence-electron chi connectivity index (χ1n) is 9.21. The van der Waals surface area contributed by atoms with Crippen LogP contribution in [-0.2, 0) is 13.1 Å². The Bertz CT molecular complexity index is 925. The Morgan fingerprint density at radius 2 is 1.90 bits per heavy atom. The molecule has 2 aromatic heterocycles. The summed E-state index contributed by atoms with van der Waals surface area (Å²) in [4.78, 5) is 12.9. The fourth-order valence-corrected chi connectivity index (χ4v) is 2.58. The number of hydrogen-bond acceptors (Lipinski definition) is 5. The van der Waals surface area contributed by atoms with E-state index in [0.717, 1.165) is 16.8 Å².